The number of anilines is 1. The van der Waals surface area contributed by atoms with E-state index in [9.17, 15) is 55.2 Å². The lowest BCUT2D eigenvalue weighted by atomic mass is 9.99. The smallest absolute Gasteiger partial charge is 0.354 e. The predicted molar refractivity (Wildman–Crippen MR) is 128 cm³/mol. The Kier molecular flexibility index (Phi) is 7.89. The Morgan fingerprint density at radius 2 is 1.77 bits per heavy atom. The molecule has 0 aliphatic carbocycles. The number of aliphatic hydroxyl groups is 4. The number of carboxylic acids is 3. The maximum absolute atomic E-state index is 12.0. The second-order valence-corrected chi connectivity index (χ2v) is 9.14. The van der Waals surface area contributed by atoms with E-state index in [0.29, 0.717) is 5.56 Å². The van der Waals surface area contributed by atoms with Crippen molar-refractivity contribution in [2.45, 2.75) is 55.6 Å². The summed E-state index contributed by atoms with van der Waals surface area (Å²) in [6, 6.07) is 0.0231. The molecule has 8 N–H and O–H groups in total. The van der Waals surface area contributed by atoms with E-state index in [4.69, 9.17) is 9.47 Å². The van der Waals surface area contributed by atoms with Crippen molar-refractivity contribution in [3.8, 4) is 11.5 Å². The minimum atomic E-state index is -1.76. The van der Waals surface area contributed by atoms with Gasteiger partial charge in [0.2, 0.25) is 6.29 Å². The molecule has 0 aromatic heterocycles. The average Bonchev–Trinajstić information content (AvgIpc) is 3.24. The molecule has 0 bridgehead atoms. The SMILES string of the molecule is O=C(O)C1=NC(C(=O)O)CC(C=CN2c3cc(OC4OC(CO)C(O)C(O)C4O)c(O)cc3CC2C(=O)O)=C1. The lowest BCUT2D eigenvalue weighted by molar-refractivity contribution is -0.277. The fraction of sp³-hybridized carbons (Fsp3) is 0.417. The number of aromatic hydroxyl groups is 1. The van der Waals surface area contributed by atoms with Crippen LogP contribution in [0.5, 0.6) is 11.5 Å². The number of dihydropyridines is 1. The molecule has 7 unspecified atom stereocenters. The summed E-state index contributed by atoms with van der Waals surface area (Å²) in [5.74, 6) is -4.69. The number of fused-ring (bicyclic) bond motifs is 1. The lowest BCUT2D eigenvalue weighted by Crippen LogP contribution is -2.60. The molecule has 1 aromatic rings. The maximum Gasteiger partial charge on any atom is 0.354 e. The molecule has 0 amide bonds. The minimum absolute atomic E-state index is 0.0402. The number of allylic oxidation sites excluding steroid dienone is 1. The second-order valence-electron chi connectivity index (χ2n) is 9.14. The van der Waals surface area contributed by atoms with Crippen LogP contribution in [-0.2, 0) is 25.5 Å². The molecule has 1 aromatic carbocycles. The molecule has 210 valence electrons. The Balaban J connectivity index is 1.64. The summed E-state index contributed by atoms with van der Waals surface area (Å²) in [6.07, 6.45) is -4.30. The molecule has 1 saturated heterocycles. The van der Waals surface area contributed by atoms with Crippen LogP contribution in [0.3, 0.4) is 0 Å². The zero-order valence-corrected chi connectivity index (χ0v) is 20.1. The van der Waals surface area contributed by atoms with Crippen LogP contribution in [0, 0.1) is 0 Å². The first-order valence-electron chi connectivity index (χ1n) is 11.7. The van der Waals surface area contributed by atoms with Gasteiger partial charge in [0.15, 0.2) is 17.5 Å². The van der Waals surface area contributed by atoms with E-state index < -0.39 is 78.8 Å². The molecule has 15 heteroatoms. The van der Waals surface area contributed by atoms with Crippen molar-refractivity contribution in [3.05, 3.63) is 41.6 Å². The van der Waals surface area contributed by atoms with Crippen LogP contribution in [0.15, 0.2) is 41.1 Å². The van der Waals surface area contributed by atoms with Gasteiger partial charge in [0, 0.05) is 30.8 Å². The summed E-state index contributed by atoms with van der Waals surface area (Å²) in [6.45, 7) is -0.702. The molecule has 1 fully saturated rings. The van der Waals surface area contributed by atoms with Crippen LogP contribution in [0.1, 0.15) is 12.0 Å². The number of benzene rings is 1. The minimum Gasteiger partial charge on any atom is -0.504 e. The number of aliphatic imine (C=N–C) groups is 1. The van der Waals surface area contributed by atoms with E-state index in [-0.39, 0.29) is 29.9 Å². The van der Waals surface area contributed by atoms with Crippen LogP contribution in [0.4, 0.5) is 5.69 Å². The molecular weight excluding hydrogens is 524 g/mol. The number of ether oxygens (including phenoxy) is 2. The van der Waals surface area contributed by atoms with Gasteiger partial charge in [-0.25, -0.2) is 14.4 Å². The van der Waals surface area contributed by atoms with Gasteiger partial charge in [-0.05, 0) is 29.4 Å². The van der Waals surface area contributed by atoms with Crippen LogP contribution >= 0.6 is 0 Å². The number of hydrogen-bond acceptors (Lipinski definition) is 12. The molecule has 0 radical (unpaired) electrons. The number of nitrogens with zero attached hydrogens (tertiary/aromatic N) is 2. The van der Waals surface area contributed by atoms with Crippen LogP contribution < -0.4 is 9.64 Å². The van der Waals surface area contributed by atoms with E-state index in [1.54, 1.807) is 0 Å². The fourth-order valence-corrected chi connectivity index (χ4v) is 4.51. The van der Waals surface area contributed by atoms with E-state index >= 15 is 0 Å². The summed E-state index contributed by atoms with van der Waals surface area (Å²) in [4.78, 5) is 39.8. The van der Waals surface area contributed by atoms with E-state index in [1.807, 2.05) is 0 Å². The highest BCUT2D eigenvalue weighted by molar-refractivity contribution is 6.41. The number of rotatable bonds is 8. The second kappa shape index (κ2) is 11.0. The Bertz CT molecular complexity index is 1260. The molecule has 3 aliphatic heterocycles. The monoisotopic (exact) mass is 550 g/mol. The van der Waals surface area contributed by atoms with Crippen LogP contribution in [0.2, 0.25) is 0 Å². The Morgan fingerprint density at radius 3 is 2.38 bits per heavy atom. The molecule has 0 saturated carbocycles. The van der Waals surface area contributed by atoms with Gasteiger partial charge >= 0.3 is 17.9 Å². The molecule has 3 aliphatic rings. The molecule has 4 rings (SSSR count). The maximum atomic E-state index is 12.0. The normalized spacial score (nSPS) is 30.5. The average molecular weight is 550 g/mol. The van der Waals surface area contributed by atoms with Crippen LogP contribution in [0.25, 0.3) is 0 Å². The van der Waals surface area contributed by atoms with Crippen molar-refractivity contribution in [1.82, 2.24) is 0 Å². The summed E-state index contributed by atoms with van der Waals surface area (Å²) in [7, 11) is 0. The summed E-state index contributed by atoms with van der Waals surface area (Å²) in [5.41, 5.74) is 0.461. The lowest BCUT2D eigenvalue weighted by Gasteiger charge is -2.39. The third-order valence-electron chi connectivity index (χ3n) is 6.56. The van der Waals surface area contributed by atoms with Gasteiger partial charge in [0.25, 0.3) is 0 Å². The highest BCUT2D eigenvalue weighted by Gasteiger charge is 2.45. The number of phenols is 1. The van der Waals surface area contributed by atoms with Gasteiger partial charge in [0.1, 0.15) is 36.2 Å². The zero-order valence-electron chi connectivity index (χ0n) is 20.1. The number of aliphatic carboxylic acids is 3. The largest absolute Gasteiger partial charge is 0.504 e. The van der Waals surface area contributed by atoms with Crippen molar-refractivity contribution >= 4 is 29.3 Å². The Hall–Kier alpha value is -4.02. The van der Waals surface area contributed by atoms with Crippen molar-refractivity contribution in [2.75, 3.05) is 11.5 Å². The third-order valence-corrected chi connectivity index (χ3v) is 6.56. The van der Waals surface area contributed by atoms with Gasteiger partial charge in [-0.15, -0.1) is 0 Å². The van der Waals surface area contributed by atoms with E-state index in [1.165, 1.54) is 35.4 Å². The van der Waals surface area contributed by atoms with Crippen molar-refractivity contribution < 1.29 is 64.7 Å². The number of carboxylic acid groups (broad SMARTS) is 3. The quantitative estimate of drug-likeness (QED) is 0.178. The molecule has 15 nitrogen and oxygen atoms in total. The van der Waals surface area contributed by atoms with E-state index in [0.717, 1.165) is 0 Å². The van der Waals surface area contributed by atoms with Gasteiger partial charge in [-0.2, -0.15) is 0 Å². The Labute approximate surface area is 219 Å². The zero-order chi connectivity index (χ0) is 28.6. The molecule has 0 spiro atoms. The predicted octanol–water partition coefficient (Wildman–Crippen LogP) is -1.79. The number of aliphatic hydroxyl groups excluding tert-OH is 4. The summed E-state index contributed by atoms with van der Waals surface area (Å²) < 4.78 is 10.8. The fourth-order valence-electron chi connectivity index (χ4n) is 4.51. The van der Waals surface area contributed by atoms with Gasteiger partial charge in [-0.1, -0.05) is 0 Å². The molecular formula is C24H26N2O13. The number of phenolic OH excluding ortho intramolecular Hbond substituents is 1. The molecule has 7 atom stereocenters. The highest BCUT2D eigenvalue weighted by atomic mass is 16.7. The number of carbonyl (C=O) groups is 3. The van der Waals surface area contributed by atoms with E-state index in [2.05, 4.69) is 4.99 Å². The van der Waals surface area contributed by atoms with Gasteiger partial charge < -0.3 is 55.2 Å². The first-order chi connectivity index (χ1) is 18.4. The Morgan fingerprint density at radius 1 is 1.05 bits per heavy atom. The van der Waals surface area contributed by atoms with Gasteiger partial charge in [-0.3, -0.25) is 4.99 Å². The van der Waals surface area contributed by atoms with Gasteiger partial charge in [0.05, 0.1) is 6.61 Å². The third kappa shape index (κ3) is 5.57. The first kappa shape index (κ1) is 28.0. The topological polar surface area (TPSA) is 247 Å². The van der Waals surface area contributed by atoms with Crippen LogP contribution in [-0.4, -0.2) is 114 Å². The standard InChI is InChI=1S/C24H26N2O13/c27-8-17-18(29)19(30)20(31)24(39-17)38-16-7-13-10(6-15(16)28)5-14(23(36)37)26(13)2-1-9-3-11(21(32)33)25-12(4-9)22(34)35/h1-3,6-7,12,14,17-20,24,27-31H,4-5,8H2,(H,32,33)(H,34,35)(H,36,37). The summed E-state index contributed by atoms with van der Waals surface area (Å²) >= 11 is 0. The molecule has 39 heavy (non-hydrogen) atoms. The highest BCUT2D eigenvalue weighted by Crippen LogP contribution is 2.42. The van der Waals surface area contributed by atoms with Crippen molar-refractivity contribution in [1.29, 1.82) is 0 Å². The van der Waals surface area contributed by atoms with Crippen molar-refractivity contribution in [3.63, 3.8) is 0 Å². The number of hydrogen-bond donors (Lipinski definition) is 8. The first-order valence-corrected chi connectivity index (χ1v) is 11.7. The molecule has 3 heterocycles. The van der Waals surface area contributed by atoms with Crippen molar-refractivity contribution in [2.24, 2.45) is 4.99 Å². The summed E-state index contributed by atoms with van der Waals surface area (Å²) in [5, 5.41) is 78.4.